The quantitative estimate of drug-likeness (QED) is 0.774. The van der Waals surface area contributed by atoms with Crippen LogP contribution in [0.5, 0.6) is 0 Å². The van der Waals surface area contributed by atoms with E-state index in [0.717, 1.165) is 4.90 Å². The van der Waals surface area contributed by atoms with Crippen molar-refractivity contribution in [1.82, 2.24) is 9.78 Å². The van der Waals surface area contributed by atoms with Gasteiger partial charge in [0.25, 0.3) is 0 Å². The molecule has 1 aromatic carbocycles. The predicted octanol–water partition coefficient (Wildman–Crippen LogP) is 4.89. The molecule has 1 N–H and O–H groups in total. The maximum absolute atomic E-state index is 12.3. The maximum atomic E-state index is 12.3. The van der Waals surface area contributed by atoms with Gasteiger partial charge in [-0.25, -0.2) is 4.68 Å². The van der Waals surface area contributed by atoms with Gasteiger partial charge in [-0.15, -0.1) is 11.8 Å². The van der Waals surface area contributed by atoms with Crippen LogP contribution >= 0.6 is 35.0 Å². The summed E-state index contributed by atoms with van der Waals surface area (Å²) in [6.45, 7) is 5.84. The van der Waals surface area contributed by atoms with Crippen molar-refractivity contribution in [3.8, 4) is 0 Å². The number of carbonyl (C=O) groups excluding carboxylic acids is 1. The molecule has 7 heteroatoms. The van der Waals surface area contributed by atoms with Crippen molar-refractivity contribution < 1.29 is 4.79 Å². The molecule has 22 heavy (non-hydrogen) atoms. The van der Waals surface area contributed by atoms with E-state index in [1.165, 1.54) is 11.8 Å². The van der Waals surface area contributed by atoms with Crippen LogP contribution in [0.2, 0.25) is 10.0 Å². The highest BCUT2D eigenvalue weighted by molar-refractivity contribution is 8.00. The molecule has 2 aromatic rings. The molecular formula is C15H17Cl2N3OS. The lowest BCUT2D eigenvalue weighted by Gasteiger charge is -2.15. The van der Waals surface area contributed by atoms with E-state index in [2.05, 4.69) is 10.4 Å². The van der Waals surface area contributed by atoms with Gasteiger partial charge in [0.1, 0.15) is 5.82 Å². The highest BCUT2D eigenvalue weighted by Crippen LogP contribution is 2.33. The monoisotopic (exact) mass is 357 g/mol. The molecule has 0 unspecified atom stereocenters. The summed E-state index contributed by atoms with van der Waals surface area (Å²) in [4.78, 5) is 13.1. The summed E-state index contributed by atoms with van der Waals surface area (Å²) >= 11 is 13.5. The average Bonchev–Trinajstić information content (AvgIpc) is 2.91. The standard InChI is InChI=1S/C15H17Cl2N3OS/c1-9(2)20-14(6-7-18-20)19-15(21)10(3)22-13-8-11(16)4-5-12(13)17/h4-10H,1-3H3,(H,19,21)/t10-/m1/s1. The normalized spacial score (nSPS) is 12.5. The fraction of sp³-hybridized carbons (Fsp3) is 0.333. The van der Waals surface area contributed by atoms with E-state index in [1.54, 1.807) is 35.1 Å². The van der Waals surface area contributed by atoms with Crippen molar-refractivity contribution in [3.63, 3.8) is 0 Å². The van der Waals surface area contributed by atoms with Gasteiger partial charge in [-0.05, 0) is 39.0 Å². The summed E-state index contributed by atoms with van der Waals surface area (Å²) < 4.78 is 1.77. The molecule has 1 amide bonds. The molecule has 0 saturated carbocycles. The Hall–Kier alpha value is -1.17. The maximum Gasteiger partial charge on any atom is 0.238 e. The number of aromatic nitrogens is 2. The summed E-state index contributed by atoms with van der Waals surface area (Å²) in [6, 6.07) is 7.17. The molecule has 0 saturated heterocycles. The van der Waals surface area contributed by atoms with Gasteiger partial charge in [-0.1, -0.05) is 23.2 Å². The lowest BCUT2D eigenvalue weighted by molar-refractivity contribution is -0.115. The Morgan fingerprint density at radius 2 is 2.00 bits per heavy atom. The van der Waals surface area contributed by atoms with Gasteiger partial charge >= 0.3 is 0 Å². The number of carbonyl (C=O) groups is 1. The summed E-state index contributed by atoms with van der Waals surface area (Å²) in [6.07, 6.45) is 1.67. The number of halogens is 2. The molecule has 0 radical (unpaired) electrons. The van der Waals surface area contributed by atoms with E-state index >= 15 is 0 Å². The van der Waals surface area contributed by atoms with Gasteiger partial charge in [-0.2, -0.15) is 5.10 Å². The predicted molar refractivity (Wildman–Crippen MR) is 93.0 cm³/mol. The Kier molecular flexibility index (Phi) is 5.78. The van der Waals surface area contributed by atoms with Crippen LogP contribution in [0.4, 0.5) is 5.82 Å². The molecule has 4 nitrogen and oxygen atoms in total. The van der Waals surface area contributed by atoms with Crippen molar-refractivity contribution in [2.45, 2.75) is 37.0 Å². The number of hydrogen-bond donors (Lipinski definition) is 1. The Labute approximate surface area is 144 Å². The zero-order chi connectivity index (χ0) is 16.3. The molecule has 0 fully saturated rings. The first-order valence-corrected chi connectivity index (χ1v) is 8.48. The number of nitrogens with one attached hydrogen (secondary N) is 1. The third-order valence-electron chi connectivity index (χ3n) is 2.98. The first kappa shape index (κ1) is 17.2. The van der Waals surface area contributed by atoms with Crippen LogP contribution in [0.3, 0.4) is 0 Å². The SMILES string of the molecule is CC(C)n1nccc1NC(=O)[C@@H](C)Sc1cc(Cl)ccc1Cl. The van der Waals surface area contributed by atoms with Crippen molar-refractivity contribution >= 4 is 46.7 Å². The van der Waals surface area contributed by atoms with Gasteiger partial charge in [0.05, 0.1) is 16.5 Å². The number of rotatable bonds is 5. The molecule has 0 bridgehead atoms. The summed E-state index contributed by atoms with van der Waals surface area (Å²) in [5.74, 6) is 0.577. The highest BCUT2D eigenvalue weighted by Gasteiger charge is 2.18. The lowest BCUT2D eigenvalue weighted by Crippen LogP contribution is -2.24. The fourth-order valence-corrected chi connectivity index (χ4v) is 3.27. The van der Waals surface area contributed by atoms with E-state index in [-0.39, 0.29) is 17.2 Å². The van der Waals surface area contributed by atoms with Crippen molar-refractivity contribution in [1.29, 1.82) is 0 Å². The minimum absolute atomic E-state index is 0.108. The Morgan fingerprint density at radius 1 is 1.27 bits per heavy atom. The van der Waals surface area contributed by atoms with E-state index in [0.29, 0.717) is 15.9 Å². The Morgan fingerprint density at radius 3 is 2.68 bits per heavy atom. The van der Waals surface area contributed by atoms with Crippen LogP contribution in [-0.2, 0) is 4.79 Å². The Bertz CT molecular complexity index is 673. The number of amides is 1. The molecular weight excluding hydrogens is 341 g/mol. The lowest BCUT2D eigenvalue weighted by atomic mass is 10.4. The van der Waals surface area contributed by atoms with Crippen LogP contribution in [0.25, 0.3) is 0 Å². The largest absolute Gasteiger partial charge is 0.310 e. The van der Waals surface area contributed by atoms with Crippen molar-refractivity contribution in [2.24, 2.45) is 0 Å². The minimum Gasteiger partial charge on any atom is -0.310 e. The van der Waals surface area contributed by atoms with Crippen molar-refractivity contribution in [2.75, 3.05) is 5.32 Å². The van der Waals surface area contributed by atoms with Crippen molar-refractivity contribution in [3.05, 3.63) is 40.5 Å². The second-order valence-electron chi connectivity index (χ2n) is 5.08. The molecule has 1 aromatic heterocycles. The van der Waals surface area contributed by atoms with E-state index in [9.17, 15) is 4.79 Å². The molecule has 0 aliphatic carbocycles. The number of hydrogen-bond acceptors (Lipinski definition) is 3. The third-order valence-corrected chi connectivity index (χ3v) is 4.81. The van der Waals surface area contributed by atoms with E-state index < -0.39 is 0 Å². The smallest absolute Gasteiger partial charge is 0.238 e. The van der Waals surface area contributed by atoms with Crippen LogP contribution in [0.15, 0.2) is 35.4 Å². The number of thioether (sulfide) groups is 1. The van der Waals surface area contributed by atoms with Crippen LogP contribution in [-0.4, -0.2) is 20.9 Å². The molecule has 0 aliphatic heterocycles. The average molecular weight is 358 g/mol. The van der Waals surface area contributed by atoms with Gasteiger partial charge in [0.15, 0.2) is 0 Å². The second kappa shape index (κ2) is 7.40. The second-order valence-corrected chi connectivity index (χ2v) is 7.31. The summed E-state index contributed by atoms with van der Waals surface area (Å²) in [7, 11) is 0. The Balaban J connectivity index is 2.06. The molecule has 1 atom stereocenters. The first-order chi connectivity index (χ1) is 10.4. The third kappa shape index (κ3) is 4.18. The minimum atomic E-state index is -0.313. The topological polar surface area (TPSA) is 46.9 Å². The van der Waals surface area contributed by atoms with Gasteiger partial charge in [-0.3, -0.25) is 4.79 Å². The van der Waals surface area contributed by atoms with E-state index in [1.807, 2.05) is 20.8 Å². The first-order valence-electron chi connectivity index (χ1n) is 6.84. The number of nitrogens with zero attached hydrogens (tertiary/aromatic N) is 2. The molecule has 0 spiro atoms. The summed E-state index contributed by atoms with van der Waals surface area (Å²) in [5, 5.41) is 7.95. The number of benzene rings is 1. The van der Waals surface area contributed by atoms with Crippen LogP contribution in [0.1, 0.15) is 26.8 Å². The molecule has 0 aliphatic rings. The van der Waals surface area contributed by atoms with Crippen LogP contribution in [0, 0.1) is 0 Å². The highest BCUT2D eigenvalue weighted by atomic mass is 35.5. The number of anilines is 1. The van der Waals surface area contributed by atoms with E-state index in [4.69, 9.17) is 23.2 Å². The van der Waals surface area contributed by atoms with Gasteiger partial charge in [0, 0.05) is 22.0 Å². The zero-order valence-electron chi connectivity index (χ0n) is 12.5. The summed E-state index contributed by atoms with van der Waals surface area (Å²) in [5.41, 5.74) is 0. The zero-order valence-corrected chi connectivity index (χ0v) is 14.8. The van der Waals surface area contributed by atoms with Gasteiger partial charge in [0.2, 0.25) is 5.91 Å². The molecule has 1 heterocycles. The fourth-order valence-electron chi connectivity index (χ4n) is 1.86. The van der Waals surface area contributed by atoms with Crippen LogP contribution < -0.4 is 5.32 Å². The molecule has 2 rings (SSSR count). The molecule has 118 valence electrons. The van der Waals surface area contributed by atoms with Gasteiger partial charge < -0.3 is 5.32 Å².